The molecule has 0 saturated carbocycles. The van der Waals surface area contributed by atoms with Gasteiger partial charge in [-0.25, -0.2) is 10.0 Å². The van der Waals surface area contributed by atoms with Crippen LogP contribution in [0.4, 0.5) is 0 Å². The molecule has 0 spiro atoms. The topological polar surface area (TPSA) is 44.9 Å². The summed E-state index contributed by atoms with van der Waals surface area (Å²) in [4.78, 5) is 4.27. The highest BCUT2D eigenvalue weighted by Crippen LogP contribution is 1.97. The highest BCUT2D eigenvalue weighted by Gasteiger charge is 2.08. The van der Waals surface area contributed by atoms with E-state index in [9.17, 15) is 0 Å². The van der Waals surface area contributed by atoms with Gasteiger partial charge in [-0.2, -0.15) is 5.10 Å². The SMILES string of the molecule is CN(N=Cc1cccn1C)C1=NCCN1. The molecule has 80 valence electrons. The molecule has 0 atom stereocenters. The molecular weight excluding hydrogens is 190 g/mol. The molecule has 0 aliphatic carbocycles. The first-order valence-electron chi connectivity index (χ1n) is 4.95. The quantitative estimate of drug-likeness (QED) is 0.555. The number of hydrogen-bond acceptors (Lipinski definition) is 4. The van der Waals surface area contributed by atoms with E-state index < -0.39 is 0 Å². The van der Waals surface area contributed by atoms with Gasteiger partial charge in [0.15, 0.2) is 0 Å². The van der Waals surface area contributed by atoms with Crippen molar-refractivity contribution in [2.75, 3.05) is 20.1 Å². The van der Waals surface area contributed by atoms with Crippen LogP contribution in [0.3, 0.4) is 0 Å². The third kappa shape index (κ3) is 2.18. The average Bonchev–Trinajstić information content (AvgIpc) is 2.85. The van der Waals surface area contributed by atoms with Crippen molar-refractivity contribution in [3.05, 3.63) is 24.0 Å². The van der Waals surface area contributed by atoms with Gasteiger partial charge in [-0.1, -0.05) is 0 Å². The molecule has 0 fully saturated rings. The summed E-state index contributed by atoms with van der Waals surface area (Å²) < 4.78 is 2.02. The smallest absolute Gasteiger partial charge is 0.214 e. The third-order valence-electron chi connectivity index (χ3n) is 2.31. The molecule has 1 aromatic rings. The Morgan fingerprint density at radius 3 is 3.13 bits per heavy atom. The van der Waals surface area contributed by atoms with Crippen molar-refractivity contribution in [2.24, 2.45) is 17.1 Å². The Bertz CT molecular complexity index is 390. The van der Waals surface area contributed by atoms with Crippen LogP contribution in [0.2, 0.25) is 0 Å². The predicted octanol–water partition coefficient (Wildman–Crippen LogP) is 0.250. The lowest BCUT2D eigenvalue weighted by atomic mass is 10.5. The third-order valence-corrected chi connectivity index (χ3v) is 2.31. The molecule has 1 N–H and O–H groups in total. The van der Waals surface area contributed by atoms with Gasteiger partial charge in [0.2, 0.25) is 5.96 Å². The van der Waals surface area contributed by atoms with Crippen LogP contribution in [0.5, 0.6) is 0 Å². The minimum atomic E-state index is 0.833. The molecule has 2 heterocycles. The number of hydrogen-bond donors (Lipinski definition) is 1. The largest absolute Gasteiger partial charge is 0.353 e. The summed E-state index contributed by atoms with van der Waals surface area (Å²) in [6.07, 6.45) is 3.81. The minimum absolute atomic E-state index is 0.833. The summed E-state index contributed by atoms with van der Waals surface area (Å²) in [7, 11) is 3.88. The zero-order valence-electron chi connectivity index (χ0n) is 9.01. The van der Waals surface area contributed by atoms with Crippen molar-refractivity contribution in [3.63, 3.8) is 0 Å². The van der Waals surface area contributed by atoms with Gasteiger partial charge in [-0.3, -0.25) is 0 Å². The first-order chi connectivity index (χ1) is 7.27. The van der Waals surface area contributed by atoms with Gasteiger partial charge < -0.3 is 9.88 Å². The van der Waals surface area contributed by atoms with E-state index in [0.717, 1.165) is 24.7 Å². The lowest BCUT2D eigenvalue weighted by Crippen LogP contribution is -2.32. The predicted molar refractivity (Wildman–Crippen MR) is 61.1 cm³/mol. The van der Waals surface area contributed by atoms with Crippen LogP contribution in [0.15, 0.2) is 28.4 Å². The van der Waals surface area contributed by atoms with Crippen LogP contribution in [-0.2, 0) is 7.05 Å². The Morgan fingerprint density at radius 2 is 2.53 bits per heavy atom. The summed E-state index contributed by atoms with van der Waals surface area (Å²) in [5.41, 5.74) is 1.07. The van der Waals surface area contributed by atoms with Crippen LogP contribution in [-0.4, -0.2) is 41.9 Å². The number of hydrazone groups is 1. The van der Waals surface area contributed by atoms with Crippen molar-refractivity contribution in [1.29, 1.82) is 0 Å². The molecule has 2 rings (SSSR count). The Balaban J connectivity index is 2.02. The number of aromatic nitrogens is 1. The van der Waals surface area contributed by atoms with Crippen LogP contribution < -0.4 is 5.32 Å². The van der Waals surface area contributed by atoms with E-state index in [1.165, 1.54) is 0 Å². The normalized spacial score (nSPS) is 15.5. The number of aliphatic imine (C=N–C) groups is 1. The average molecular weight is 205 g/mol. The number of rotatable bonds is 2. The van der Waals surface area contributed by atoms with Gasteiger partial charge in [0, 0.05) is 26.8 Å². The highest BCUT2D eigenvalue weighted by molar-refractivity contribution is 5.83. The number of nitrogens with one attached hydrogen (secondary N) is 1. The monoisotopic (exact) mass is 205 g/mol. The summed E-state index contributed by atoms with van der Waals surface area (Å²) in [5.74, 6) is 0.834. The van der Waals surface area contributed by atoms with E-state index in [1.54, 1.807) is 5.01 Å². The second-order valence-electron chi connectivity index (χ2n) is 3.44. The van der Waals surface area contributed by atoms with Crippen molar-refractivity contribution in [2.45, 2.75) is 0 Å². The first-order valence-corrected chi connectivity index (χ1v) is 4.95. The van der Waals surface area contributed by atoms with E-state index in [0.29, 0.717) is 0 Å². The van der Waals surface area contributed by atoms with E-state index in [-0.39, 0.29) is 0 Å². The van der Waals surface area contributed by atoms with Gasteiger partial charge in [-0.05, 0) is 12.1 Å². The molecule has 15 heavy (non-hydrogen) atoms. The van der Waals surface area contributed by atoms with Crippen molar-refractivity contribution < 1.29 is 0 Å². The minimum Gasteiger partial charge on any atom is -0.353 e. The molecule has 0 saturated heterocycles. The summed E-state index contributed by atoms with van der Waals surface area (Å²) in [6, 6.07) is 4.01. The Hall–Kier alpha value is -1.78. The molecule has 1 aliphatic rings. The van der Waals surface area contributed by atoms with E-state index in [2.05, 4.69) is 15.4 Å². The van der Waals surface area contributed by atoms with Crippen LogP contribution >= 0.6 is 0 Å². The summed E-state index contributed by atoms with van der Waals surface area (Å²) in [5, 5.41) is 9.21. The second-order valence-corrected chi connectivity index (χ2v) is 3.44. The fraction of sp³-hybridized carbons (Fsp3) is 0.400. The summed E-state index contributed by atoms with van der Waals surface area (Å²) >= 11 is 0. The maximum Gasteiger partial charge on any atom is 0.214 e. The van der Waals surface area contributed by atoms with Crippen molar-refractivity contribution >= 4 is 12.2 Å². The van der Waals surface area contributed by atoms with E-state index in [4.69, 9.17) is 0 Å². The van der Waals surface area contributed by atoms with E-state index in [1.807, 2.05) is 43.2 Å². The zero-order chi connectivity index (χ0) is 10.7. The summed E-state index contributed by atoms with van der Waals surface area (Å²) in [6.45, 7) is 1.73. The molecule has 5 nitrogen and oxygen atoms in total. The van der Waals surface area contributed by atoms with Gasteiger partial charge in [0.1, 0.15) is 0 Å². The fourth-order valence-electron chi connectivity index (χ4n) is 1.41. The van der Waals surface area contributed by atoms with Gasteiger partial charge in [-0.15, -0.1) is 0 Å². The molecule has 1 aromatic heterocycles. The molecule has 0 bridgehead atoms. The molecule has 0 radical (unpaired) electrons. The number of nitrogens with zero attached hydrogens (tertiary/aromatic N) is 4. The molecular formula is C10H15N5. The Morgan fingerprint density at radius 1 is 1.67 bits per heavy atom. The Kier molecular flexibility index (Phi) is 2.71. The van der Waals surface area contributed by atoms with Gasteiger partial charge in [0.25, 0.3) is 0 Å². The van der Waals surface area contributed by atoms with Crippen molar-refractivity contribution in [1.82, 2.24) is 14.9 Å². The maximum atomic E-state index is 4.30. The van der Waals surface area contributed by atoms with Gasteiger partial charge in [0.05, 0.1) is 18.5 Å². The molecule has 0 unspecified atom stereocenters. The van der Waals surface area contributed by atoms with E-state index >= 15 is 0 Å². The molecule has 0 amide bonds. The van der Waals surface area contributed by atoms with Gasteiger partial charge >= 0.3 is 0 Å². The van der Waals surface area contributed by atoms with Crippen LogP contribution in [0.25, 0.3) is 0 Å². The first kappa shape index (κ1) is 9.76. The lowest BCUT2D eigenvalue weighted by molar-refractivity contribution is 0.530. The number of aryl methyl sites for hydroxylation is 1. The maximum absolute atomic E-state index is 4.30. The Labute approximate surface area is 89.1 Å². The molecule has 1 aliphatic heterocycles. The number of guanidine groups is 1. The van der Waals surface area contributed by atoms with Crippen LogP contribution in [0.1, 0.15) is 5.69 Å². The standard InChI is InChI=1S/C10H15N5/c1-14-7-3-4-9(14)8-13-15(2)10-11-5-6-12-10/h3-4,7-8H,5-6H2,1-2H3,(H,11,12). The second kappa shape index (κ2) is 4.16. The molecule has 5 heteroatoms. The fourth-order valence-corrected chi connectivity index (χ4v) is 1.41. The lowest BCUT2D eigenvalue weighted by Gasteiger charge is -2.11. The van der Waals surface area contributed by atoms with Crippen molar-refractivity contribution in [3.8, 4) is 0 Å². The highest BCUT2D eigenvalue weighted by atomic mass is 15.5. The van der Waals surface area contributed by atoms with Crippen LogP contribution in [0, 0.1) is 0 Å². The molecule has 0 aromatic carbocycles. The zero-order valence-corrected chi connectivity index (χ0v) is 9.01.